The Labute approximate surface area is 160 Å². The molecule has 0 fully saturated rings. The Hall–Kier alpha value is -2.80. The van der Waals surface area contributed by atoms with E-state index in [9.17, 15) is 14.0 Å². The van der Waals surface area contributed by atoms with Crippen LogP contribution in [-0.2, 0) is 16.0 Å². The first kappa shape index (κ1) is 19.0. The third kappa shape index (κ3) is 4.68. The molecule has 1 heterocycles. The lowest BCUT2D eigenvalue weighted by Crippen LogP contribution is -2.50. The Kier molecular flexibility index (Phi) is 5.81. The molecule has 8 heteroatoms. The van der Waals surface area contributed by atoms with Gasteiger partial charge in [0.15, 0.2) is 17.7 Å². The molecule has 0 aromatic heterocycles. The summed E-state index contributed by atoms with van der Waals surface area (Å²) in [4.78, 5) is 24.4. The van der Waals surface area contributed by atoms with Gasteiger partial charge in [-0.05, 0) is 49.2 Å². The molecule has 2 aromatic rings. The zero-order chi connectivity index (χ0) is 19.4. The number of carbonyl (C=O) groups is 2. The molecule has 2 N–H and O–H groups in total. The van der Waals surface area contributed by atoms with Gasteiger partial charge < -0.3 is 9.47 Å². The van der Waals surface area contributed by atoms with Crippen molar-refractivity contribution in [2.24, 2.45) is 5.92 Å². The molecule has 2 unspecified atom stereocenters. The van der Waals surface area contributed by atoms with E-state index in [0.29, 0.717) is 17.2 Å². The predicted octanol–water partition coefficient (Wildman–Crippen LogP) is 2.65. The Morgan fingerprint density at radius 1 is 1.26 bits per heavy atom. The molecule has 0 spiro atoms. The fraction of sp³-hybridized carbons (Fsp3) is 0.263. The maximum atomic E-state index is 13.6. The van der Waals surface area contributed by atoms with Crippen molar-refractivity contribution in [3.05, 3.63) is 58.9 Å². The Bertz CT molecular complexity index is 861. The number of halogens is 2. The highest BCUT2D eigenvalue weighted by molar-refractivity contribution is 6.30. The smallest absolute Gasteiger partial charge is 0.279 e. The van der Waals surface area contributed by atoms with E-state index >= 15 is 0 Å². The summed E-state index contributed by atoms with van der Waals surface area (Å²) in [6, 6.07) is 11.0. The molecular formula is C19H18ClFN2O4. The van der Waals surface area contributed by atoms with Gasteiger partial charge in [-0.15, -0.1) is 0 Å². The Morgan fingerprint density at radius 2 is 2.04 bits per heavy atom. The number of amides is 2. The summed E-state index contributed by atoms with van der Waals surface area (Å²) in [7, 11) is 0. The maximum Gasteiger partial charge on any atom is 0.279 e. The number of para-hydroxylation sites is 1. The van der Waals surface area contributed by atoms with E-state index in [0.717, 1.165) is 5.56 Å². The zero-order valence-corrected chi connectivity index (χ0v) is 15.3. The molecule has 2 atom stereocenters. The van der Waals surface area contributed by atoms with Crippen molar-refractivity contribution in [1.29, 1.82) is 0 Å². The van der Waals surface area contributed by atoms with Gasteiger partial charge >= 0.3 is 0 Å². The number of rotatable bonds is 4. The fourth-order valence-corrected chi connectivity index (χ4v) is 2.84. The highest BCUT2D eigenvalue weighted by atomic mass is 35.5. The number of hydrazine groups is 1. The molecule has 0 radical (unpaired) electrons. The van der Waals surface area contributed by atoms with E-state index < -0.39 is 29.7 Å². The van der Waals surface area contributed by atoms with Gasteiger partial charge in [-0.1, -0.05) is 23.7 Å². The quantitative estimate of drug-likeness (QED) is 0.784. The van der Waals surface area contributed by atoms with E-state index in [-0.39, 0.29) is 12.4 Å². The molecule has 1 aliphatic rings. The Balaban J connectivity index is 1.51. The maximum absolute atomic E-state index is 13.6. The van der Waals surface area contributed by atoms with Gasteiger partial charge in [0.05, 0.1) is 5.92 Å². The highest BCUT2D eigenvalue weighted by Gasteiger charge is 2.27. The van der Waals surface area contributed by atoms with Crippen molar-refractivity contribution in [2.45, 2.75) is 19.4 Å². The monoisotopic (exact) mass is 392 g/mol. The van der Waals surface area contributed by atoms with Crippen molar-refractivity contribution in [3.8, 4) is 11.5 Å². The number of hydrogen-bond acceptors (Lipinski definition) is 4. The number of carbonyl (C=O) groups excluding carboxylic acids is 2. The van der Waals surface area contributed by atoms with Crippen LogP contribution in [0.5, 0.6) is 11.5 Å². The van der Waals surface area contributed by atoms with Crippen molar-refractivity contribution in [1.82, 2.24) is 10.9 Å². The van der Waals surface area contributed by atoms with Gasteiger partial charge in [-0.25, -0.2) is 4.39 Å². The van der Waals surface area contributed by atoms with Crippen LogP contribution in [0.3, 0.4) is 0 Å². The zero-order valence-electron chi connectivity index (χ0n) is 14.5. The number of benzene rings is 2. The molecular weight excluding hydrogens is 375 g/mol. The Morgan fingerprint density at radius 3 is 2.81 bits per heavy atom. The van der Waals surface area contributed by atoms with Crippen LogP contribution >= 0.6 is 11.6 Å². The molecule has 2 aromatic carbocycles. The summed E-state index contributed by atoms with van der Waals surface area (Å²) < 4.78 is 24.4. The first-order valence-electron chi connectivity index (χ1n) is 8.36. The molecule has 6 nitrogen and oxygen atoms in total. The van der Waals surface area contributed by atoms with E-state index in [1.807, 2.05) is 0 Å². The van der Waals surface area contributed by atoms with Gasteiger partial charge in [-0.3, -0.25) is 20.4 Å². The summed E-state index contributed by atoms with van der Waals surface area (Å²) in [5.74, 6) is -1.39. The van der Waals surface area contributed by atoms with Gasteiger partial charge in [0.2, 0.25) is 5.91 Å². The average molecular weight is 393 g/mol. The third-order valence-corrected chi connectivity index (χ3v) is 4.35. The van der Waals surface area contributed by atoms with Crippen molar-refractivity contribution in [3.63, 3.8) is 0 Å². The van der Waals surface area contributed by atoms with Crippen LogP contribution in [0.2, 0.25) is 5.02 Å². The minimum atomic E-state index is -0.996. The van der Waals surface area contributed by atoms with Crippen LogP contribution in [0.15, 0.2) is 42.5 Å². The lowest BCUT2D eigenvalue weighted by atomic mass is 9.96. The summed E-state index contributed by atoms with van der Waals surface area (Å²) >= 11 is 5.97. The summed E-state index contributed by atoms with van der Waals surface area (Å²) in [6.07, 6.45) is -0.553. The van der Waals surface area contributed by atoms with Gasteiger partial charge in [0.25, 0.3) is 5.91 Å². The average Bonchev–Trinajstić information content (AvgIpc) is 2.66. The largest absolute Gasteiger partial charge is 0.492 e. The van der Waals surface area contributed by atoms with Gasteiger partial charge in [0, 0.05) is 5.02 Å². The minimum absolute atomic E-state index is 0.0411. The second-order valence-corrected chi connectivity index (χ2v) is 6.57. The lowest BCUT2D eigenvalue weighted by molar-refractivity contribution is -0.135. The molecule has 3 rings (SSSR count). The SMILES string of the molecule is CC(Oc1ccccc1F)C(=O)NNC(=O)C1COc2ccc(Cl)cc2C1. The molecule has 27 heavy (non-hydrogen) atoms. The number of nitrogens with one attached hydrogen (secondary N) is 2. The molecule has 0 bridgehead atoms. The van der Waals surface area contributed by atoms with E-state index in [1.165, 1.54) is 25.1 Å². The molecule has 142 valence electrons. The second-order valence-electron chi connectivity index (χ2n) is 6.13. The minimum Gasteiger partial charge on any atom is -0.492 e. The first-order chi connectivity index (χ1) is 12.9. The molecule has 0 aliphatic carbocycles. The van der Waals surface area contributed by atoms with E-state index in [4.69, 9.17) is 21.1 Å². The first-order valence-corrected chi connectivity index (χ1v) is 8.74. The fourth-order valence-electron chi connectivity index (χ4n) is 2.64. The van der Waals surface area contributed by atoms with Crippen LogP contribution < -0.4 is 20.3 Å². The summed E-state index contributed by atoms with van der Waals surface area (Å²) in [6.45, 7) is 1.65. The van der Waals surface area contributed by atoms with Crippen molar-refractivity contribution in [2.75, 3.05) is 6.61 Å². The normalized spacial score (nSPS) is 16.5. The number of fused-ring (bicyclic) bond motifs is 1. The molecule has 2 amide bonds. The van der Waals surface area contributed by atoms with Gasteiger partial charge in [-0.2, -0.15) is 0 Å². The third-order valence-electron chi connectivity index (χ3n) is 4.12. The number of ether oxygens (including phenoxy) is 2. The van der Waals surface area contributed by atoms with Gasteiger partial charge in [0.1, 0.15) is 12.4 Å². The van der Waals surface area contributed by atoms with Crippen LogP contribution in [0.1, 0.15) is 12.5 Å². The standard InChI is InChI=1S/C19H18ClFN2O4/c1-11(27-17-5-3-2-4-15(17)21)18(24)22-23-19(25)13-8-12-9-14(20)6-7-16(12)26-10-13/h2-7,9,11,13H,8,10H2,1H3,(H,22,24)(H,23,25). The topological polar surface area (TPSA) is 76.7 Å². The van der Waals surface area contributed by atoms with Crippen LogP contribution in [-0.4, -0.2) is 24.5 Å². The van der Waals surface area contributed by atoms with Crippen molar-refractivity contribution < 1.29 is 23.5 Å². The van der Waals surface area contributed by atoms with Crippen molar-refractivity contribution >= 4 is 23.4 Å². The summed E-state index contributed by atoms with van der Waals surface area (Å²) in [5.41, 5.74) is 5.47. The summed E-state index contributed by atoms with van der Waals surface area (Å²) in [5, 5.41) is 0.561. The lowest BCUT2D eigenvalue weighted by Gasteiger charge is -2.25. The van der Waals surface area contributed by atoms with E-state index in [1.54, 1.807) is 24.3 Å². The molecule has 0 saturated heterocycles. The van der Waals surface area contributed by atoms with Crippen LogP contribution in [0.4, 0.5) is 4.39 Å². The second kappa shape index (κ2) is 8.26. The predicted molar refractivity (Wildman–Crippen MR) is 96.9 cm³/mol. The molecule has 0 saturated carbocycles. The highest BCUT2D eigenvalue weighted by Crippen LogP contribution is 2.29. The van der Waals surface area contributed by atoms with Crippen LogP contribution in [0.25, 0.3) is 0 Å². The van der Waals surface area contributed by atoms with E-state index in [2.05, 4.69) is 10.9 Å². The van der Waals surface area contributed by atoms with Crippen LogP contribution in [0, 0.1) is 11.7 Å². The number of hydrogen-bond donors (Lipinski definition) is 2. The molecule has 1 aliphatic heterocycles.